The molecule has 7 heteroatoms. The Hall–Kier alpha value is -1.34. The van der Waals surface area contributed by atoms with E-state index in [1.807, 2.05) is 0 Å². The van der Waals surface area contributed by atoms with Gasteiger partial charge in [0, 0.05) is 11.6 Å². The van der Waals surface area contributed by atoms with Gasteiger partial charge in [-0.1, -0.05) is 0 Å². The van der Waals surface area contributed by atoms with Gasteiger partial charge in [0.2, 0.25) is 6.79 Å². The van der Waals surface area contributed by atoms with Crippen LogP contribution in [0, 0.1) is 5.82 Å². The lowest BCUT2D eigenvalue weighted by Gasteiger charge is -2.11. The molecule has 0 fully saturated rings. The van der Waals surface area contributed by atoms with Gasteiger partial charge in [0.1, 0.15) is 5.82 Å². The van der Waals surface area contributed by atoms with Crippen LogP contribution >= 0.6 is 15.9 Å². The van der Waals surface area contributed by atoms with E-state index in [2.05, 4.69) is 15.9 Å². The Balaban J connectivity index is 2.58. The van der Waals surface area contributed by atoms with E-state index in [1.54, 1.807) is 0 Å². The van der Waals surface area contributed by atoms with Crippen LogP contribution in [-0.2, 0) is 4.79 Å². The zero-order valence-corrected chi connectivity index (χ0v) is 9.32. The molecule has 5 nitrogen and oxygen atoms in total. The fraction of sp³-hybridized carbons (Fsp3) is 0.222. The van der Waals surface area contributed by atoms with Crippen LogP contribution in [0.5, 0.6) is 11.5 Å². The number of carbonyl (C=O) groups is 1. The summed E-state index contributed by atoms with van der Waals surface area (Å²) in [5.74, 6) is -2.05. The fourth-order valence-corrected chi connectivity index (χ4v) is 2.08. The highest BCUT2D eigenvalue weighted by Crippen LogP contribution is 2.44. The lowest BCUT2D eigenvalue weighted by atomic mass is 10.1. The number of fused-ring (bicyclic) bond motifs is 1. The Morgan fingerprint density at radius 3 is 2.88 bits per heavy atom. The molecule has 86 valence electrons. The number of carboxylic acids is 1. The van der Waals surface area contributed by atoms with Crippen molar-refractivity contribution in [2.24, 2.45) is 0 Å². The number of ether oxygens (including phenoxy) is 2. The van der Waals surface area contributed by atoms with Gasteiger partial charge in [-0.05, 0) is 15.9 Å². The molecular weight excluding hydrogens is 287 g/mol. The van der Waals surface area contributed by atoms with Crippen molar-refractivity contribution in [2.75, 3.05) is 6.79 Å². The van der Waals surface area contributed by atoms with Crippen molar-refractivity contribution in [2.45, 2.75) is 6.10 Å². The minimum Gasteiger partial charge on any atom is -0.479 e. The quantitative estimate of drug-likeness (QED) is 0.862. The smallest absolute Gasteiger partial charge is 0.337 e. The average Bonchev–Trinajstić information content (AvgIpc) is 2.65. The largest absolute Gasteiger partial charge is 0.479 e. The van der Waals surface area contributed by atoms with E-state index in [4.69, 9.17) is 14.6 Å². The zero-order valence-electron chi connectivity index (χ0n) is 7.74. The van der Waals surface area contributed by atoms with Gasteiger partial charge < -0.3 is 19.7 Å². The SMILES string of the molecule is O=C(O)C(O)c1c(F)cc2c(c1Br)OCO2. The van der Waals surface area contributed by atoms with Crippen LogP contribution in [0.4, 0.5) is 4.39 Å². The summed E-state index contributed by atoms with van der Waals surface area (Å²) in [5.41, 5.74) is -0.378. The summed E-state index contributed by atoms with van der Waals surface area (Å²) in [4.78, 5) is 10.6. The number of hydrogen-bond donors (Lipinski definition) is 2. The van der Waals surface area contributed by atoms with Crippen LogP contribution < -0.4 is 9.47 Å². The summed E-state index contributed by atoms with van der Waals surface area (Å²) in [7, 11) is 0. The molecule has 0 saturated carbocycles. The van der Waals surface area contributed by atoms with E-state index in [0.717, 1.165) is 6.07 Å². The van der Waals surface area contributed by atoms with E-state index in [1.165, 1.54) is 0 Å². The molecule has 0 saturated heterocycles. The normalized spacial score (nSPS) is 14.9. The van der Waals surface area contributed by atoms with Crippen LogP contribution in [-0.4, -0.2) is 23.0 Å². The van der Waals surface area contributed by atoms with Crippen molar-refractivity contribution >= 4 is 21.9 Å². The average molecular weight is 293 g/mol. The predicted octanol–water partition coefficient (Wildman–Crippen LogP) is 1.43. The maximum absolute atomic E-state index is 13.5. The summed E-state index contributed by atoms with van der Waals surface area (Å²) in [6.07, 6.45) is -1.95. The summed E-state index contributed by atoms with van der Waals surface area (Å²) < 4.78 is 23.5. The third kappa shape index (κ3) is 1.61. The number of benzene rings is 1. The first kappa shape index (κ1) is 11.2. The van der Waals surface area contributed by atoms with E-state index < -0.39 is 17.9 Å². The monoisotopic (exact) mass is 292 g/mol. The third-order valence-electron chi connectivity index (χ3n) is 2.10. The molecular formula is C9H6BrFO5. The lowest BCUT2D eigenvalue weighted by Crippen LogP contribution is -2.13. The van der Waals surface area contributed by atoms with Gasteiger partial charge >= 0.3 is 5.97 Å². The molecule has 0 spiro atoms. The van der Waals surface area contributed by atoms with Crippen LogP contribution in [0.25, 0.3) is 0 Å². The number of hydrogen-bond acceptors (Lipinski definition) is 4. The number of halogens is 2. The molecule has 2 rings (SSSR count). The fourth-order valence-electron chi connectivity index (χ4n) is 1.36. The number of aliphatic carboxylic acids is 1. The number of aliphatic hydroxyl groups excluding tert-OH is 1. The molecule has 1 aromatic rings. The third-order valence-corrected chi connectivity index (χ3v) is 2.89. The van der Waals surface area contributed by atoms with Crippen molar-refractivity contribution < 1.29 is 28.9 Å². The minimum absolute atomic E-state index is 0.0508. The second-order valence-electron chi connectivity index (χ2n) is 3.06. The van der Waals surface area contributed by atoms with Gasteiger partial charge in [-0.15, -0.1) is 0 Å². The highest BCUT2D eigenvalue weighted by molar-refractivity contribution is 9.10. The highest BCUT2D eigenvalue weighted by Gasteiger charge is 2.29. The summed E-state index contributed by atoms with van der Waals surface area (Å²) in [5, 5.41) is 17.9. The molecule has 2 N–H and O–H groups in total. The van der Waals surface area contributed by atoms with Crippen LogP contribution in [0.15, 0.2) is 10.5 Å². The Kier molecular flexibility index (Phi) is 2.73. The first-order valence-electron chi connectivity index (χ1n) is 4.20. The molecule has 0 bridgehead atoms. The molecule has 1 aromatic carbocycles. The maximum Gasteiger partial charge on any atom is 0.337 e. The predicted molar refractivity (Wildman–Crippen MR) is 52.8 cm³/mol. The molecule has 16 heavy (non-hydrogen) atoms. The second kappa shape index (κ2) is 3.91. The highest BCUT2D eigenvalue weighted by atomic mass is 79.9. The summed E-state index contributed by atoms with van der Waals surface area (Å²) in [6, 6.07) is 0.981. The molecule has 1 atom stereocenters. The molecule has 0 amide bonds. The first-order valence-corrected chi connectivity index (χ1v) is 5.00. The number of aliphatic hydroxyl groups is 1. The van der Waals surface area contributed by atoms with Gasteiger partial charge in [0.05, 0.1) is 4.47 Å². The Morgan fingerprint density at radius 1 is 1.56 bits per heavy atom. The summed E-state index contributed by atoms with van der Waals surface area (Å²) in [6.45, 7) is -0.0695. The summed E-state index contributed by atoms with van der Waals surface area (Å²) >= 11 is 2.98. The van der Waals surface area contributed by atoms with Crippen LogP contribution in [0.3, 0.4) is 0 Å². The lowest BCUT2D eigenvalue weighted by molar-refractivity contribution is -0.147. The standard InChI is InChI=1S/C9H6BrFO5/c10-6-5(7(12)9(13)14)3(11)1-4-8(6)16-2-15-4/h1,7,12H,2H2,(H,13,14). The molecule has 0 aliphatic carbocycles. The molecule has 0 aromatic heterocycles. The first-order chi connectivity index (χ1) is 7.52. The van der Waals surface area contributed by atoms with E-state index >= 15 is 0 Å². The molecule has 1 unspecified atom stereocenters. The zero-order chi connectivity index (χ0) is 11.9. The molecule has 1 aliphatic rings. The van der Waals surface area contributed by atoms with E-state index in [-0.39, 0.29) is 28.3 Å². The van der Waals surface area contributed by atoms with Crippen molar-refractivity contribution in [3.05, 3.63) is 21.9 Å². The molecule has 1 heterocycles. The van der Waals surface area contributed by atoms with Gasteiger partial charge in [0.25, 0.3) is 0 Å². The van der Waals surface area contributed by atoms with Crippen LogP contribution in [0.1, 0.15) is 11.7 Å². The topological polar surface area (TPSA) is 76.0 Å². The van der Waals surface area contributed by atoms with Gasteiger partial charge in [-0.2, -0.15) is 0 Å². The molecule has 1 aliphatic heterocycles. The maximum atomic E-state index is 13.5. The van der Waals surface area contributed by atoms with Crippen molar-refractivity contribution in [3.63, 3.8) is 0 Å². The van der Waals surface area contributed by atoms with Crippen molar-refractivity contribution in [1.82, 2.24) is 0 Å². The Labute approximate surface area is 97.5 Å². The van der Waals surface area contributed by atoms with Crippen molar-refractivity contribution in [3.8, 4) is 11.5 Å². The van der Waals surface area contributed by atoms with Crippen LogP contribution in [0.2, 0.25) is 0 Å². The van der Waals surface area contributed by atoms with Gasteiger partial charge in [-0.25, -0.2) is 9.18 Å². The number of carboxylic acid groups (broad SMARTS) is 1. The van der Waals surface area contributed by atoms with Gasteiger partial charge in [-0.3, -0.25) is 0 Å². The Bertz CT molecular complexity index is 462. The Morgan fingerprint density at radius 2 is 2.25 bits per heavy atom. The second-order valence-corrected chi connectivity index (χ2v) is 3.85. The molecule has 0 radical (unpaired) electrons. The minimum atomic E-state index is -1.95. The van der Waals surface area contributed by atoms with Crippen molar-refractivity contribution in [1.29, 1.82) is 0 Å². The number of rotatable bonds is 2. The van der Waals surface area contributed by atoms with E-state index in [0.29, 0.717) is 0 Å². The van der Waals surface area contributed by atoms with E-state index in [9.17, 15) is 14.3 Å². The van der Waals surface area contributed by atoms with Gasteiger partial charge in [0.15, 0.2) is 17.6 Å².